The fourth-order valence-electron chi connectivity index (χ4n) is 5.03. The molecule has 1 N–H and O–H groups in total. The summed E-state index contributed by atoms with van der Waals surface area (Å²) in [5, 5.41) is 1.01. The van der Waals surface area contributed by atoms with Gasteiger partial charge in [0.25, 0.3) is 0 Å². The standard InChI is InChI=1S/C29H29NO3/c1-19(23-12-8-5-9-13-23)16-30-17-24-15-25-20(2)26(14-22-10-6-4-7-11-22)29(31)33-28(25)21(3)27(24)32-18-30/h4-13,15,19H,14,16-18H2,1-3H3/p+1/t19-/m0/s1. The Hall–Kier alpha value is -3.37. The third-order valence-corrected chi connectivity index (χ3v) is 6.88. The molecule has 0 saturated heterocycles. The van der Waals surface area contributed by atoms with E-state index < -0.39 is 0 Å². The van der Waals surface area contributed by atoms with Crippen molar-refractivity contribution in [3.63, 3.8) is 0 Å². The zero-order chi connectivity index (χ0) is 22.9. The second kappa shape index (κ2) is 8.87. The van der Waals surface area contributed by atoms with Crippen molar-refractivity contribution < 1.29 is 14.1 Å². The lowest BCUT2D eigenvalue weighted by atomic mass is 9.95. The summed E-state index contributed by atoms with van der Waals surface area (Å²) >= 11 is 0. The molecule has 0 aliphatic carbocycles. The van der Waals surface area contributed by atoms with Crippen LogP contribution in [0.3, 0.4) is 0 Å². The first-order valence-electron chi connectivity index (χ1n) is 11.6. The van der Waals surface area contributed by atoms with Gasteiger partial charge in [-0.25, -0.2) is 4.79 Å². The Morgan fingerprint density at radius 2 is 1.67 bits per heavy atom. The van der Waals surface area contributed by atoms with Crippen LogP contribution < -0.4 is 15.3 Å². The highest BCUT2D eigenvalue weighted by Crippen LogP contribution is 2.34. The van der Waals surface area contributed by atoms with Crippen LogP contribution in [-0.4, -0.2) is 13.3 Å². The maximum atomic E-state index is 12.9. The molecule has 0 amide bonds. The fourth-order valence-corrected chi connectivity index (χ4v) is 5.03. The molecule has 1 aliphatic rings. The molecule has 0 saturated carbocycles. The third-order valence-electron chi connectivity index (χ3n) is 6.88. The molecule has 1 aromatic heterocycles. The second-order valence-electron chi connectivity index (χ2n) is 9.25. The van der Waals surface area contributed by atoms with Gasteiger partial charge in [-0.15, -0.1) is 0 Å². The van der Waals surface area contributed by atoms with Crippen molar-refractivity contribution in [3.8, 4) is 5.75 Å². The van der Waals surface area contributed by atoms with Crippen molar-refractivity contribution in [3.05, 3.63) is 111 Å². The Kier molecular flexibility index (Phi) is 5.77. The van der Waals surface area contributed by atoms with E-state index in [9.17, 15) is 4.79 Å². The fraction of sp³-hybridized carbons (Fsp3) is 0.276. The van der Waals surface area contributed by atoms with Crippen LogP contribution in [0.5, 0.6) is 5.75 Å². The van der Waals surface area contributed by atoms with Crippen molar-refractivity contribution in [2.24, 2.45) is 0 Å². The van der Waals surface area contributed by atoms with E-state index in [1.54, 1.807) is 0 Å². The molecule has 1 aliphatic heterocycles. The average Bonchev–Trinajstić information content (AvgIpc) is 2.84. The molecule has 4 nitrogen and oxygen atoms in total. The summed E-state index contributed by atoms with van der Waals surface area (Å²) in [5.74, 6) is 1.32. The molecule has 33 heavy (non-hydrogen) atoms. The molecule has 0 spiro atoms. The highest BCUT2D eigenvalue weighted by molar-refractivity contribution is 5.87. The maximum absolute atomic E-state index is 12.9. The zero-order valence-electron chi connectivity index (χ0n) is 19.5. The van der Waals surface area contributed by atoms with E-state index >= 15 is 0 Å². The zero-order valence-corrected chi connectivity index (χ0v) is 19.5. The molecule has 0 fully saturated rings. The predicted octanol–water partition coefficient (Wildman–Crippen LogP) is 4.54. The van der Waals surface area contributed by atoms with Crippen LogP contribution in [0.25, 0.3) is 11.0 Å². The molecule has 0 bridgehead atoms. The molecular formula is C29H30NO3+. The van der Waals surface area contributed by atoms with Crippen LogP contribution in [-0.2, 0) is 13.0 Å². The summed E-state index contributed by atoms with van der Waals surface area (Å²) in [6.07, 6.45) is 0.573. The topological polar surface area (TPSA) is 43.9 Å². The smallest absolute Gasteiger partial charge is 0.340 e. The number of ether oxygens (including phenoxy) is 1. The predicted molar refractivity (Wildman–Crippen MR) is 131 cm³/mol. The summed E-state index contributed by atoms with van der Waals surface area (Å²) in [6.45, 7) is 8.83. The lowest BCUT2D eigenvalue weighted by Crippen LogP contribution is -3.12. The lowest BCUT2D eigenvalue weighted by Gasteiger charge is -2.29. The van der Waals surface area contributed by atoms with Gasteiger partial charge in [-0.1, -0.05) is 67.6 Å². The average molecular weight is 441 g/mol. The molecule has 168 valence electrons. The first-order chi connectivity index (χ1) is 16.0. The summed E-state index contributed by atoms with van der Waals surface area (Å²) in [5.41, 5.74) is 6.69. The second-order valence-corrected chi connectivity index (χ2v) is 9.25. The Bertz CT molecular complexity index is 1340. The number of quaternary nitrogens is 1. The Balaban J connectivity index is 1.48. The van der Waals surface area contributed by atoms with Gasteiger partial charge < -0.3 is 9.15 Å². The third kappa shape index (κ3) is 4.19. The van der Waals surface area contributed by atoms with E-state index in [0.29, 0.717) is 24.7 Å². The summed E-state index contributed by atoms with van der Waals surface area (Å²) in [6, 6.07) is 22.9. The molecular weight excluding hydrogens is 410 g/mol. The van der Waals surface area contributed by atoms with Crippen molar-refractivity contribution in [2.45, 2.75) is 39.7 Å². The largest absolute Gasteiger partial charge is 0.444 e. The van der Waals surface area contributed by atoms with Crippen molar-refractivity contribution >= 4 is 11.0 Å². The minimum Gasteiger partial charge on any atom is -0.444 e. The van der Waals surface area contributed by atoms with Gasteiger partial charge in [0, 0.05) is 34.4 Å². The van der Waals surface area contributed by atoms with Crippen LogP contribution in [0.1, 0.15) is 46.2 Å². The van der Waals surface area contributed by atoms with Crippen LogP contribution in [0, 0.1) is 13.8 Å². The lowest BCUT2D eigenvalue weighted by molar-refractivity contribution is -0.933. The maximum Gasteiger partial charge on any atom is 0.340 e. The van der Waals surface area contributed by atoms with Crippen molar-refractivity contribution in [2.75, 3.05) is 13.3 Å². The van der Waals surface area contributed by atoms with Gasteiger partial charge in [-0.3, -0.25) is 4.90 Å². The highest BCUT2D eigenvalue weighted by Gasteiger charge is 2.27. The van der Waals surface area contributed by atoms with Crippen LogP contribution in [0.2, 0.25) is 0 Å². The Morgan fingerprint density at radius 1 is 0.970 bits per heavy atom. The molecule has 2 atom stereocenters. The minimum atomic E-state index is -0.258. The van der Waals surface area contributed by atoms with E-state index in [1.807, 2.05) is 44.2 Å². The van der Waals surface area contributed by atoms with Gasteiger partial charge in [-0.2, -0.15) is 0 Å². The minimum absolute atomic E-state index is 0.258. The van der Waals surface area contributed by atoms with Crippen LogP contribution >= 0.6 is 0 Å². The first kappa shape index (κ1) is 21.5. The number of rotatable bonds is 5. The van der Waals surface area contributed by atoms with Crippen molar-refractivity contribution in [1.82, 2.24) is 0 Å². The Morgan fingerprint density at radius 3 is 2.39 bits per heavy atom. The van der Waals surface area contributed by atoms with E-state index in [4.69, 9.17) is 9.15 Å². The number of nitrogens with one attached hydrogen (secondary N) is 1. The summed E-state index contributed by atoms with van der Waals surface area (Å²) in [4.78, 5) is 14.3. The SMILES string of the molecule is Cc1c(Cc2ccccc2)c(=O)oc2c(C)c3c(cc12)C[NH+](C[C@H](C)c1ccccc1)CO3. The number of aryl methyl sites for hydroxylation is 2. The number of hydrogen-bond donors (Lipinski definition) is 1. The van der Waals surface area contributed by atoms with E-state index in [1.165, 1.54) is 16.0 Å². The van der Waals surface area contributed by atoms with E-state index in [2.05, 4.69) is 43.3 Å². The number of benzene rings is 3. The molecule has 3 aromatic carbocycles. The summed E-state index contributed by atoms with van der Waals surface area (Å²) < 4.78 is 12.1. The van der Waals surface area contributed by atoms with Crippen molar-refractivity contribution in [1.29, 1.82) is 0 Å². The van der Waals surface area contributed by atoms with Gasteiger partial charge in [0.15, 0.2) is 0 Å². The van der Waals surface area contributed by atoms with Gasteiger partial charge in [-0.05, 0) is 36.6 Å². The van der Waals surface area contributed by atoms with E-state index in [0.717, 1.165) is 46.5 Å². The summed E-state index contributed by atoms with van der Waals surface area (Å²) in [7, 11) is 0. The molecule has 4 heteroatoms. The monoisotopic (exact) mass is 440 g/mol. The van der Waals surface area contributed by atoms with Crippen LogP contribution in [0.4, 0.5) is 0 Å². The molecule has 2 heterocycles. The quantitative estimate of drug-likeness (QED) is 0.464. The van der Waals surface area contributed by atoms with Gasteiger partial charge in [0.2, 0.25) is 6.73 Å². The van der Waals surface area contributed by atoms with Gasteiger partial charge >= 0.3 is 5.63 Å². The molecule has 4 aromatic rings. The normalized spacial score (nSPS) is 16.3. The molecule has 1 unspecified atom stereocenters. The Labute approximate surface area is 194 Å². The highest BCUT2D eigenvalue weighted by atomic mass is 16.5. The number of hydrogen-bond acceptors (Lipinski definition) is 3. The van der Waals surface area contributed by atoms with Gasteiger partial charge in [0.05, 0.1) is 6.54 Å². The number of fused-ring (bicyclic) bond motifs is 2. The first-order valence-corrected chi connectivity index (χ1v) is 11.6. The van der Waals surface area contributed by atoms with Gasteiger partial charge in [0.1, 0.15) is 17.9 Å². The molecule has 0 radical (unpaired) electrons. The molecule has 5 rings (SSSR count). The van der Waals surface area contributed by atoms with E-state index in [-0.39, 0.29) is 5.63 Å². The van der Waals surface area contributed by atoms with Crippen LogP contribution in [0.15, 0.2) is 75.9 Å².